The number of nitrogens with two attached hydrogens (primary N) is 1. The number of aryl methyl sites for hydroxylation is 1. The van der Waals surface area contributed by atoms with E-state index >= 15 is 0 Å². The van der Waals surface area contributed by atoms with Gasteiger partial charge in [0.1, 0.15) is 0 Å². The van der Waals surface area contributed by atoms with Crippen molar-refractivity contribution in [1.29, 1.82) is 0 Å². The highest BCUT2D eigenvalue weighted by Crippen LogP contribution is 2.22. The van der Waals surface area contributed by atoms with Crippen LogP contribution in [0.4, 0.5) is 0 Å². The maximum absolute atomic E-state index is 5.74. The van der Waals surface area contributed by atoms with Crippen LogP contribution in [0, 0.1) is 6.92 Å². The monoisotopic (exact) mass is 283 g/mol. The summed E-state index contributed by atoms with van der Waals surface area (Å²) in [7, 11) is 0. The van der Waals surface area contributed by atoms with Crippen LogP contribution < -0.4 is 5.73 Å². The van der Waals surface area contributed by atoms with Gasteiger partial charge < -0.3 is 5.73 Å². The quantitative estimate of drug-likeness (QED) is 0.925. The molecule has 6 heteroatoms. The zero-order valence-corrected chi connectivity index (χ0v) is 11.8. The number of rotatable bonds is 3. The molecule has 2 N–H and O–H groups in total. The van der Waals surface area contributed by atoms with Gasteiger partial charge in [-0.05, 0) is 26.3 Å². The second-order valence-electron chi connectivity index (χ2n) is 3.86. The molecule has 3 nitrogen and oxygen atoms in total. The van der Waals surface area contributed by atoms with E-state index in [9.17, 15) is 0 Å². The molecule has 2 rings (SSSR count). The van der Waals surface area contributed by atoms with Crippen molar-refractivity contribution in [2.24, 2.45) is 5.73 Å². The van der Waals surface area contributed by atoms with Crippen LogP contribution in [-0.4, -0.2) is 29.0 Å². The van der Waals surface area contributed by atoms with Crippen LogP contribution in [0.5, 0.6) is 0 Å². The predicted molar refractivity (Wildman–Crippen MR) is 73.8 cm³/mol. The second kappa shape index (κ2) is 7.45. The van der Waals surface area contributed by atoms with E-state index in [0.717, 1.165) is 13.1 Å². The third-order valence-electron chi connectivity index (χ3n) is 2.96. The fourth-order valence-electron chi connectivity index (χ4n) is 2.03. The Hall–Kier alpha value is 0.130. The van der Waals surface area contributed by atoms with Gasteiger partial charge in [-0.25, -0.2) is 4.98 Å². The van der Waals surface area contributed by atoms with E-state index in [2.05, 4.69) is 16.8 Å². The Bertz CT molecular complexity index is 306. The minimum atomic E-state index is 0. The Labute approximate surface area is 113 Å². The molecule has 1 aliphatic heterocycles. The van der Waals surface area contributed by atoms with Crippen LogP contribution in [-0.2, 0) is 6.54 Å². The van der Waals surface area contributed by atoms with Crippen molar-refractivity contribution in [2.75, 3.05) is 13.1 Å². The highest BCUT2D eigenvalue weighted by atomic mass is 35.5. The van der Waals surface area contributed by atoms with E-state index in [0.29, 0.717) is 6.04 Å². The minimum Gasteiger partial charge on any atom is -0.329 e. The molecule has 94 valence electrons. The molecular weight excluding hydrogens is 265 g/mol. The molecule has 1 unspecified atom stereocenters. The van der Waals surface area contributed by atoms with E-state index in [1.165, 1.54) is 30.0 Å². The van der Waals surface area contributed by atoms with Crippen molar-refractivity contribution in [1.82, 2.24) is 9.88 Å². The highest BCUT2D eigenvalue weighted by Gasteiger charge is 2.23. The van der Waals surface area contributed by atoms with Gasteiger partial charge in [-0.15, -0.1) is 36.2 Å². The molecule has 1 atom stereocenters. The van der Waals surface area contributed by atoms with Gasteiger partial charge in [0.25, 0.3) is 0 Å². The van der Waals surface area contributed by atoms with Crippen molar-refractivity contribution in [3.05, 3.63) is 16.1 Å². The smallest absolute Gasteiger partial charge is 0.0798 e. The van der Waals surface area contributed by atoms with Crippen LogP contribution in [0.1, 0.15) is 23.4 Å². The lowest BCUT2D eigenvalue weighted by molar-refractivity contribution is 0.252. The number of nitrogens with zero attached hydrogens (tertiary/aromatic N) is 2. The predicted octanol–water partition coefficient (Wildman–Crippen LogP) is 2.22. The minimum absolute atomic E-state index is 0. The van der Waals surface area contributed by atoms with E-state index in [4.69, 9.17) is 5.73 Å². The Morgan fingerprint density at radius 2 is 2.31 bits per heavy atom. The normalized spacial score (nSPS) is 20.2. The molecule has 1 fully saturated rings. The second-order valence-corrected chi connectivity index (χ2v) is 4.80. The van der Waals surface area contributed by atoms with E-state index in [1.54, 1.807) is 11.3 Å². The summed E-state index contributed by atoms with van der Waals surface area (Å²) in [6.07, 6.45) is 2.55. The van der Waals surface area contributed by atoms with Gasteiger partial charge in [0, 0.05) is 24.0 Å². The summed E-state index contributed by atoms with van der Waals surface area (Å²) >= 11 is 1.76. The van der Waals surface area contributed by atoms with Crippen molar-refractivity contribution in [2.45, 2.75) is 32.4 Å². The maximum Gasteiger partial charge on any atom is 0.0798 e. The Morgan fingerprint density at radius 1 is 1.56 bits per heavy atom. The van der Waals surface area contributed by atoms with Gasteiger partial charge in [0.05, 0.1) is 11.2 Å². The summed E-state index contributed by atoms with van der Waals surface area (Å²) in [6, 6.07) is 0.594. The first-order valence-electron chi connectivity index (χ1n) is 5.14. The number of thiazole rings is 1. The van der Waals surface area contributed by atoms with Crippen molar-refractivity contribution in [3.63, 3.8) is 0 Å². The summed E-state index contributed by atoms with van der Waals surface area (Å²) in [4.78, 5) is 8.15. The molecule has 1 aromatic rings. The summed E-state index contributed by atoms with van der Waals surface area (Å²) in [5.74, 6) is 0. The standard InChI is InChI=1S/C10H17N3S.2ClH/c1-8-10(14-7-12-8)6-13-4-2-3-9(13)5-11;;/h7,9H,2-6,11H2,1H3;2*1H. The summed E-state index contributed by atoms with van der Waals surface area (Å²) in [6.45, 7) is 5.11. The van der Waals surface area contributed by atoms with E-state index in [-0.39, 0.29) is 24.8 Å². The van der Waals surface area contributed by atoms with Gasteiger partial charge in [0.15, 0.2) is 0 Å². The fourth-order valence-corrected chi connectivity index (χ4v) is 2.83. The molecule has 2 heterocycles. The zero-order valence-electron chi connectivity index (χ0n) is 9.39. The lowest BCUT2D eigenvalue weighted by Gasteiger charge is -2.22. The number of likely N-dealkylation sites (tertiary alicyclic amines) is 1. The number of aromatic nitrogens is 1. The fraction of sp³-hybridized carbons (Fsp3) is 0.700. The van der Waals surface area contributed by atoms with E-state index in [1.807, 2.05) is 5.51 Å². The topological polar surface area (TPSA) is 42.2 Å². The molecule has 1 aliphatic rings. The third kappa shape index (κ3) is 3.57. The number of halogens is 2. The summed E-state index contributed by atoms with van der Waals surface area (Å²) < 4.78 is 0. The molecule has 0 amide bonds. The summed E-state index contributed by atoms with van der Waals surface area (Å²) in [5, 5.41) is 0. The summed E-state index contributed by atoms with van der Waals surface area (Å²) in [5.41, 5.74) is 8.84. The first kappa shape index (κ1) is 16.1. The first-order valence-corrected chi connectivity index (χ1v) is 6.02. The Balaban J connectivity index is 0.00000112. The lowest BCUT2D eigenvalue weighted by atomic mass is 10.2. The van der Waals surface area contributed by atoms with Crippen LogP contribution in [0.15, 0.2) is 5.51 Å². The molecule has 0 spiro atoms. The molecule has 1 saturated heterocycles. The van der Waals surface area contributed by atoms with Gasteiger partial charge in [-0.2, -0.15) is 0 Å². The van der Waals surface area contributed by atoms with Crippen molar-refractivity contribution in [3.8, 4) is 0 Å². The molecule has 0 aliphatic carbocycles. The van der Waals surface area contributed by atoms with Gasteiger partial charge in [-0.3, -0.25) is 4.90 Å². The van der Waals surface area contributed by atoms with Gasteiger partial charge >= 0.3 is 0 Å². The maximum atomic E-state index is 5.74. The van der Waals surface area contributed by atoms with Crippen LogP contribution in [0.3, 0.4) is 0 Å². The Kier molecular flexibility index (Phi) is 7.52. The molecule has 0 saturated carbocycles. The lowest BCUT2D eigenvalue weighted by Crippen LogP contribution is -2.34. The molecule has 0 bridgehead atoms. The van der Waals surface area contributed by atoms with Gasteiger partial charge in [0.2, 0.25) is 0 Å². The van der Waals surface area contributed by atoms with E-state index < -0.39 is 0 Å². The average Bonchev–Trinajstić information content (AvgIpc) is 2.77. The first-order chi connectivity index (χ1) is 6.81. The molecule has 1 aromatic heterocycles. The van der Waals surface area contributed by atoms with Crippen LogP contribution in [0.25, 0.3) is 0 Å². The van der Waals surface area contributed by atoms with Crippen molar-refractivity contribution >= 4 is 36.2 Å². The molecule has 0 aromatic carbocycles. The zero-order chi connectivity index (χ0) is 9.97. The SMILES string of the molecule is Cc1ncsc1CN1CCCC1CN.Cl.Cl. The highest BCUT2D eigenvalue weighted by molar-refractivity contribution is 7.09. The number of hydrogen-bond acceptors (Lipinski definition) is 4. The van der Waals surface area contributed by atoms with Gasteiger partial charge in [-0.1, -0.05) is 0 Å². The van der Waals surface area contributed by atoms with Crippen LogP contribution >= 0.6 is 36.2 Å². The Morgan fingerprint density at radius 3 is 2.88 bits per heavy atom. The van der Waals surface area contributed by atoms with Crippen molar-refractivity contribution < 1.29 is 0 Å². The number of hydrogen-bond donors (Lipinski definition) is 1. The largest absolute Gasteiger partial charge is 0.329 e. The molecular formula is C10H19Cl2N3S. The molecule has 0 radical (unpaired) electrons. The average molecular weight is 284 g/mol. The molecule has 16 heavy (non-hydrogen) atoms. The van der Waals surface area contributed by atoms with Crippen LogP contribution in [0.2, 0.25) is 0 Å². The third-order valence-corrected chi connectivity index (χ3v) is 3.88.